The van der Waals surface area contributed by atoms with Crippen LogP contribution in [0.1, 0.15) is 31.2 Å². The molecule has 0 aromatic heterocycles. The predicted molar refractivity (Wildman–Crippen MR) is 67.9 cm³/mol. The van der Waals surface area contributed by atoms with Gasteiger partial charge >= 0.3 is 0 Å². The van der Waals surface area contributed by atoms with E-state index >= 15 is 0 Å². The van der Waals surface area contributed by atoms with Crippen molar-refractivity contribution in [3.05, 3.63) is 35.6 Å². The van der Waals surface area contributed by atoms with Crippen LogP contribution in [0.4, 0.5) is 4.39 Å². The maximum Gasteiger partial charge on any atom is 0.136 e. The summed E-state index contributed by atoms with van der Waals surface area (Å²) in [5, 5.41) is 0. The molecule has 0 amide bonds. The molecule has 0 radical (unpaired) electrons. The summed E-state index contributed by atoms with van der Waals surface area (Å²) in [6, 6.07) is 7.82. The summed E-state index contributed by atoms with van der Waals surface area (Å²) in [5.74, 6) is 0.294. The summed E-state index contributed by atoms with van der Waals surface area (Å²) in [4.78, 5) is 13.9. The number of carbonyl (C=O) groups is 1. The number of fused-ring (bicyclic) bond motifs is 2. The second-order valence-electron chi connectivity index (χ2n) is 5.41. The Morgan fingerprint density at radius 2 is 1.83 bits per heavy atom. The average Bonchev–Trinajstić information content (AvgIpc) is 2.60. The molecule has 2 aliphatic heterocycles. The molecule has 0 N–H and O–H groups in total. The maximum atomic E-state index is 13.5. The van der Waals surface area contributed by atoms with Gasteiger partial charge < -0.3 is 0 Å². The second-order valence-corrected chi connectivity index (χ2v) is 5.41. The highest BCUT2D eigenvalue weighted by atomic mass is 19.1. The molecule has 1 aromatic carbocycles. The van der Waals surface area contributed by atoms with Gasteiger partial charge in [0.15, 0.2) is 0 Å². The fourth-order valence-corrected chi connectivity index (χ4v) is 3.38. The van der Waals surface area contributed by atoms with E-state index in [9.17, 15) is 9.18 Å². The Morgan fingerprint density at radius 3 is 2.50 bits per heavy atom. The number of Topliss-reactive ketones (excluding diaryl/α,β-unsaturated/α-hetero) is 1. The fraction of sp³-hybridized carbons (Fsp3) is 0.533. The van der Waals surface area contributed by atoms with E-state index in [1.807, 2.05) is 12.1 Å². The van der Waals surface area contributed by atoms with Gasteiger partial charge in [0.05, 0.1) is 0 Å². The number of hydrogen-bond acceptors (Lipinski definition) is 2. The zero-order valence-electron chi connectivity index (χ0n) is 10.4. The largest absolute Gasteiger partial charge is 0.300 e. The number of halogens is 1. The second kappa shape index (κ2) is 4.81. The van der Waals surface area contributed by atoms with Crippen molar-refractivity contribution in [1.29, 1.82) is 0 Å². The molecule has 1 aromatic rings. The normalized spacial score (nSPS) is 27.7. The van der Waals surface area contributed by atoms with Gasteiger partial charge in [-0.05, 0) is 30.9 Å². The zero-order chi connectivity index (χ0) is 12.5. The summed E-state index contributed by atoms with van der Waals surface area (Å²) in [7, 11) is 0. The molecular weight excluding hydrogens is 229 g/mol. The van der Waals surface area contributed by atoms with E-state index in [1.165, 1.54) is 6.07 Å². The molecular formula is C15H18FNO. The third-order valence-electron chi connectivity index (χ3n) is 4.29. The minimum atomic E-state index is -0.113. The van der Waals surface area contributed by atoms with Gasteiger partial charge in [-0.25, -0.2) is 4.39 Å². The highest BCUT2D eigenvalue weighted by molar-refractivity contribution is 5.80. The lowest BCUT2D eigenvalue weighted by molar-refractivity contribution is -0.123. The summed E-state index contributed by atoms with van der Waals surface area (Å²) in [6.45, 7) is 0.879. The van der Waals surface area contributed by atoms with Gasteiger partial charge in [0.25, 0.3) is 0 Å². The van der Waals surface area contributed by atoms with Crippen LogP contribution in [0.5, 0.6) is 0 Å². The van der Waals surface area contributed by atoms with Crippen LogP contribution in [0.25, 0.3) is 0 Å². The van der Waals surface area contributed by atoms with Gasteiger partial charge in [-0.3, -0.25) is 9.69 Å². The highest BCUT2D eigenvalue weighted by Gasteiger charge is 2.39. The monoisotopic (exact) mass is 247 g/mol. The third kappa shape index (κ3) is 2.19. The van der Waals surface area contributed by atoms with E-state index < -0.39 is 0 Å². The van der Waals surface area contributed by atoms with Gasteiger partial charge in [0.2, 0.25) is 0 Å². The number of ketones is 1. The van der Waals surface area contributed by atoms with Crippen molar-refractivity contribution in [1.82, 2.24) is 4.90 Å². The molecule has 0 spiro atoms. The first-order chi connectivity index (χ1) is 8.74. The Morgan fingerprint density at radius 1 is 1.17 bits per heavy atom. The minimum Gasteiger partial charge on any atom is -0.300 e. The molecule has 0 saturated carbocycles. The summed E-state index contributed by atoms with van der Waals surface area (Å²) < 4.78 is 13.5. The van der Waals surface area contributed by atoms with Crippen molar-refractivity contribution in [2.45, 2.75) is 44.2 Å². The lowest BCUT2D eigenvalue weighted by atomic mass is 10.0. The van der Waals surface area contributed by atoms with Crippen LogP contribution in [0.3, 0.4) is 0 Å². The Hall–Kier alpha value is -1.22. The number of rotatable bonds is 3. The van der Waals surface area contributed by atoms with Crippen molar-refractivity contribution in [2.75, 3.05) is 6.54 Å². The Labute approximate surface area is 107 Å². The smallest absolute Gasteiger partial charge is 0.136 e. The van der Waals surface area contributed by atoms with Crippen LogP contribution < -0.4 is 0 Å². The molecule has 0 aliphatic carbocycles. The topological polar surface area (TPSA) is 20.3 Å². The van der Waals surface area contributed by atoms with Crippen molar-refractivity contribution >= 4 is 5.78 Å². The van der Waals surface area contributed by atoms with Crippen LogP contribution in [-0.2, 0) is 11.2 Å². The molecule has 2 fully saturated rings. The Balaban J connectivity index is 1.65. The summed E-state index contributed by atoms with van der Waals surface area (Å²) in [6.07, 6.45) is 4.41. The fourth-order valence-electron chi connectivity index (χ4n) is 3.38. The van der Waals surface area contributed by atoms with Crippen LogP contribution in [0.2, 0.25) is 0 Å². The van der Waals surface area contributed by atoms with Crippen LogP contribution in [0.15, 0.2) is 24.3 Å². The first-order valence-electron chi connectivity index (χ1n) is 6.75. The SMILES string of the molecule is O=C1CC2CCC(C1)N2CCc1ccccc1F. The first-order valence-corrected chi connectivity index (χ1v) is 6.75. The molecule has 2 nitrogen and oxygen atoms in total. The van der Waals surface area contributed by atoms with E-state index in [4.69, 9.17) is 0 Å². The molecule has 2 atom stereocenters. The van der Waals surface area contributed by atoms with E-state index in [-0.39, 0.29) is 5.82 Å². The van der Waals surface area contributed by atoms with Crippen molar-refractivity contribution < 1.29 is 9.18 Å². The van der Waals surface area contributed by atoms with E-state index in [0.29, 0.717) is 30.7 Å². The van der Waals surface area contributed by atoms with Gasteiger partial charge in [-0.15, -0.1) is 0 Å². The van der Waals surface area contributed by atoms with Crippen molar-refractivity contribution in [3.8, 4) is 0 Å². The van der Waals surface area contributed by atoms with E-state index in [0.717, 1.165) is 31.4 Å². The molecule has 3 heteroatoms. The Kier molecular flexibility index (Phi) is 3.16. The Bertz CT molecular complexity index is 444. The molecule has 2 aliphatic rings. The summed E-state index contributed by atoms with van der Waals surface area (Å²) in [5.41, 5.74) is 0.786. The van der Waals surface area contributed by atoms with Gasteiger partial charge in [0.1, 0.15) is 11.6 Å². The van der Waals surface area contributed by atoms with Gasteiger partial charge in [0, 0.05) is 31.5 Å². The molecule has 2 saturated heterocycles. The first kappa shape index (κ1) is 11.8. The predicted octanol–water partition coefficient (Wildman–Crippen LogP) is 2.56. The van der Waals surface area contributed by atoms with Gasteiger partial charge in [-0.1, -0.05) is 18.2 Å². The molecule has 18 heavy (non-hydrogen) atoms. The van der Waals surface area contributed by atoms with Gasteiger partial charge in [-0.2, -0.15) is 0 Å². The van der Waals surface area contributed by atoms with Crippen molar-refractivity contribution in [3.63, 3.8) is 0 Å². The lowest BCUT2D eigenvalue weighted by Gasteiger charge is -2.33. The highest BCUT2D eigenvalue weighted by Crippen LogP contribution is 2.33. The van der Waals surface area contributed by atoms with Crippen LogP contribution in [-0.4, -0.2) is 29.3 Å². The number of carbonyl (C=O) groups excluding carboxylic acids is 1. The van der Waals surface area contributed by atoms with E-state index in [2.05, 4.69) is 4.90 Å². The summed E-state index contributed by atoms with van der Waals surface area (Å²) >= 11 is 0. The van der Waals surface area contributed by atoms with E-state index in [1.54, 1.807) is 6.07 Å². The molecule has 2 heterocycles. The minimum absolute atomic E-state index is 0.113. The third-order valence-corrected chi connectivity index (χ3v) is 4.29. The van der Waals surface area contributed by atoms with Crippen molar-refractivity contribution in [2.24, 2.45) is 0 Å². The molecule has 3 rings (SSSR count). The molecule has 2 bridgehead atoms. The van der Waals surface area contributed by atoms with Crippen LogP contribution >= 0.6 is 0 Å². The number of piperidine rings is 1. The van der Waals surface area contributed by atoms with Crippen LogP contribution in [0, 0.1) is 5.82 Å². The number of hydrogen-bond donors (Lipinski definition) is 0. The number of nitrogens with zero attached hydrogens (tertiary/aromatic N) is 1. The number of benzene rings is 1. The lowest BCUT2D eigenvalue weighted by Crippen LogP contribution is -2.44. The maximum absolute atomic E-state index is 13.5. The average molecular weight is 247 g/mol. The molecule has 96 valence electrons. The standard InChI is InChI=1S/C15H18FNO/c16-15-4-2-1-3-11(15)7-8-17-12-5-6-13(17)10-14(18)9-12/h1-4,12-13H,5-10H2. The zero-order valence-corrected chi connectivity index (χ0v) is 10.4. The molecule has 2 unspecified atom stereocenters. The quantitative estimate of drug-likeness (QED) is 0.818.